The number of carbonyl (C=O) groups excluding carboxylic acids is 1. The number of carbonyl (C=O) groups is 1. The summed E-state index contributed by atoms with van der Waals surface area (Å²) in [6, 6.07) is 19.7. The third-order valence-electron chi connectivity index (χ3n) is 4.61. The van der Waals surface area contributed by atoms with Crippen LogP contribution in [0.15, 0.2) is 70.7 Å². The van der Waals surface area contributed by atoms with E-state index in [2.05, 4.69) is 21.2 Å². The van der Waals surface area contributed by atoms with Crippen LogP contribution in [-0.2, 0) is 11.4 Å². The Kier molecular flexibility index (Phi) is 8.36. The molecular weight excluding hydrogens is 508 g/mol. The second-order valence-electron chi connectivity index (χ2n) is 6.77. The molecule has 1 amide bonds. The molecule has 0 aliphatic carbocycles. The molecule has 0 fully saturated rings. The molecule has 3 aromatic carbocycles. The summed E-state index contributed by atoms with van der Waals surface area (Å²) >= 11 is 9.93. The van der Waals surface area contributed by atoms with Gasteiger partial charge in [-0.15, -0.1) is 0 Å². The minimum absolute atomic E-state index is 0.0918. The van der Waals surface area contributed by atoms with E-state index in [1.54, 1.807) is 43.5 Å². The van der Waals surface area contributed by atoms with Crippen molar-refractivity contribution in [3.05, 3.63) is 86.9 Å². The van der Waals surface area contributed by atoms with Gasteiger partial charge in [-0.2, -0.15) is 5.26 Å². The summed E-state index contributed by atoms with van der Waals surface area (Å²) in [4.78, 5) is 12.6. The fourth-order valence-electron chi connectivity index (χ4n) is 2.92. The van der Waals surface area contributed by atoms with Crippen molar-refractivity contribution in [1.29, 1.82) is 5.26 Å². The maximum atomic E-state index is 12.6. The molecule has 0 bridgehead atoms. The van der Waals surface area contributed by atoms with Crippen LogP contribution in [0.25, 0.3) is 6.08 Å². The molecule has 8 heteroatoms. The number of anilines is 1. The van der Waals surface area contributed by atoms with Crippen molar-refractivity contribution in [3.63, 3.8) is 0 Å². The molecule has 0 saturated heterocycles. The summed E-state index contributed by atoms with van der Waals surface area (Å²) in [5, 5.41) is 12.5. The lowest BCUT2D eigenvalue weighted by Gasteiger charge is -2.14. The summed E-state index contributed by atoms with van der Waals surface area (Å²) in [5.41, 5.74) is 1.91. The van der Waals surface area contributed by atoms with Gasteiger partial charge in [0.2, 0.25) is 0 Å². The van der Waals surface area contributed by atoms with E-state index in [1.165, 1.54) is 13.2 Å². The van der Waals surface area contributed by atoms with Crippen molar-refractivity contribution < 1.29 is 19.0 Å². The molecule has 33 heavy (non-hydrogen) atoms. The standard InChI is InChI=1S/C25H20BrClN2O4/c1-31-20-9-7-19(8-10-20)29-25(30)18(14-28)11-16-12-22(27)24(23(13-16)32-2)33-15-17-5-3-4-6-21(17)26/h3-13H,15H2,1-2H3,(H,29,30)/b18-11+. The predicted octanol–water partition coefficient (Wildman–Crippen LogP) is 6.24. The van der Waals surface area contributed by atoms with Crippen LogP contribution in [0.5, 0.6) is 17.2 Å². The molecule has 0 spiro atoms. The van der Waals surface area contributed by atoms with E-state index >= 15 is 0 Å². The molecule has 0 aliphatic rings. The first-order valence-electron chi connectivity index (χ1n) is 9.76. The SMILES string of the molecule is COc1ccc(NC(=O)/C(C#N)=C/c2cc(Cl)c(OCc3ccccc3Br)c(OC)c2)cc1. The monoisotopic (exact) mass is 526 g/mol. The Morgan fingerprint density at radius 1 is 1.12 bits per heavy atom. The number of ether oxygens (including phenoxy) is 3. The van der Waals surface area contributed by atoms with Gasteiger partial charge in [0.25, 0.3) is 5.91 Å². The van der Waals surface area contributed by atoms with E-state index in [1.807, 2.05) is 30.3 Å². The van der Waals surface area contributed by atoms with Crippen molar-refractivity contribution in [2.75, 3.05) is 19.5 Å². The number of nitriles is 1. The van der Waals surface area contributed by atoms with Crippen molar-refractivity contribution in [3.8, 4) is 23.3 Å². The van der Waals surface area contributed by atoms with E-state index in [9.17, 15) is 10.1 Å². The molecule has 0 saturated carbocycles. The Balaban J connectivity index is 1.80. The van der Waals surface area contributed by atoms with Gasteiger partial charge in [-0.25, -0.2) is 0 Å². The highest BCUT2D eigenvalue weighted by molar-refractivity contribution is 9.10. The van der Waals surface area contributed by atoms with E-state index in [-0.39, 0.29) is 12.2 Å². The van der Waals surface area contributed by atoms with Crippen LogP contribution in [0.4, 0.5) is 5.69 Å². The molecule has 0 heterocycles. The van der Waals surface area contributed by atoms with Crippen molar-refractivity contribution in [2.24, 2.45) is 0 Å². The highest BCUT2D eigenvalue weighted by Gasteiger charge is 2.15. The van der Waals surface area contributed by atoms with E-state index in [4.69, 9.17) is 25.8 Å². The lowest BCUT2D eigenvalue weighted by molar-refractivity contribution is -0.112. The quantitative estimate of drug-likeness (QED) is 0.277. The van der Waals surface area contributed by atoms with Crippen molar-refractivity contribution in [1.82, 2.24) is 0 Å². The molecule has 0 atom stereocenters. The van der Waals surface area contributed by atoms with Gasteiger partial charge in [0.15, 0.2) is 11.5 Å². The second kappa shape index (κ2) is 11.4. The highest BCUT2D eigenvalue weighted by atomic mass is 79.9. The van der Waals surface area contributed by atoms with Gasteiger partial charge >= 0.3 is 0 Å². The molecule has 3 rings (SSSR count). The molecule has 0 radical (unpaired) electrons. The molecule has 168 valence electrons. The van der Waals surface area contributed by atoms with Crippen LogP contribution in [0, 0.1) is 11.3 Å². The average Bonchev–Trinajstić information content (AvgIpc) is 2.82. The highest BCUT2D eigenvalue weighted by Crippen LogP contribution is 2.38. The number of amides is 1. The van der Waals surface area contributed by atoms with Crippen LogP contribution in [-0.4, -0.2) is 20.1 Å². The van der Waals surface area contributed by atoms with Crippen LogP contribution in [0.2, 0.25) is 5.02 Å². The zero-order chi connectivity index (χ0) is 23.8. The van der Waals surface area contributed by atoms with Crippen molar-refractivity contribution in [2.45, 2.75) is 6.61 Å². The fraction of sp³-hybridized carbons (Fsp3) is 0.120. The van der Waals surface area contributed by atoms with E-state index in [0.29, 0.717) is 33.5 Å². The number of hydrogen-bond acceptors (Lipinski definition) is 5. The maximum absolute atomic E-state index is 12.6. The number of methoxy groups -OCH3 is 2. The van der Waals surface area contributed by atoms with E-state index < -0.39 is 5.91 Å². The summed E-state index contributed by atoms with van der Waals surface area (Å²) in [6.45, 7) is 0.278. The number of hydrogen-bond donors (Lipinski definition) is 1. The first kappa shape index (κ1) is 24.2. The molecule has 0 aliphatic heterocycles. The van der Waals surface area contributed by atoms with E-state index in [0.717, 1.165) is 10.0 Å². The topological polar surface area (TPSA) is 80.6 Å². The molecule has 0 unspecified atom stereocenters. The number of nitrogens with one attached hydrogen (secondary N) is 1. The second-order valence-corrected chi connectivity index (χ2v) is 8.03. The summed E-state index contributed by atoms with van der Waals surface area (Å²) in [6.07, 6.45) is 1.44. The average molecular weight is 528 g/mol. The van der Waals surface area contributed by atoms with Crippen LogP contribution < -0.4 is 19.5 Å². The van der Waals surface area contributed by atoms with Gasteiger partial charge < -0.3 is 19.5 Å². The van der Waals surface area contributed by atoms with Gasteiger partial charge in [0, 0.05) is 15.7 Å². The normalized spacial score (nSPS) is 10.8. The largest absolute Gasteiger partial charge is 0.497 e. The van der Waals surface area contributed by atoms with Crippen molar-refractivity contribution >= 4 is 45.2 Å². The number of benzene rings is 3. The smallest absolute Gasteiger partial charge is 0.266 e. The Hall–Kier alpha value is -3.47. The van der Waals surface area contributed by atoms with Crippen LogP contribution in [0.1, 0.15) is 11.1 Å². The summed E-state index contributed by atoms with van der Waals surface area (Å²) < 4.78 is 17.3. The predicted molar refractivity (Wildman–Crippen MR) is 132 cm³/mol. The summed E-state index contributed by atoms with van der Waals surface area (Å²) in [5.74, 6) is 0.863. The lowest BCUT2D eigenvalue weighted by atomic mass is 10.1. The number of nitrogens with zero attached hydrogens (tertiary/aromatic N) is 1. The number of rotatable bonds is 8. The maximum Gasteiger partial charge on any atom is 0.266 e. The third kappa shape index (κ3) is 6.28. The van der Waals surface area contributed by atoms with Gasteiger partial charge in [0.05, 0.1) is 19.2 Å². The molecular formula is C25H20BrClN2O4. The molecule has 6 nitrogen and oxygen atoms in total. The lowest BCUT2D eigenvalue weighted by Crippen LogP contribution is -2.13. The Bertz CT molecular complexity index is 1220. The van der Waals surface area contributed by atoms with Gasteiger partial charge in [0.1, 0.15) is 24.0 Å². The first-order valence-corrected chi connectivity index (χ1v) is 10.9. The Morgan fingerprint density at radius 3 is 2.48 bits per heavy atom. The molecule has 3 aromatic rings. The summed E-state index contributed by atoms with van der Waals surface area (Å²) in [7, 11) is 3.05. The first-order chi connectivity index (χ1) is 15.9. The Labute approximate surface area is 205 Å². The minimum Gasteiger partial charge on any atom is -0.497 e. The minimum atomic E-state index is -0.549. The van der Waals surface area contributed by atoms with Gasteiger partial charge in [-0.1, -0.05) is 45.7 Å². The van der Waals surface area contributed by atoms with Gasteiger partial charge in [-0.05, 0) is 54.1 Å². The fourth-order valence-corrected chi connectivity index (χ4v) is 3.59. The number of halogens is 2. The van der Waals surface area contributed by atoms with Crippen LogP contribution in [0.3, 0.4) is 0 Å². The molecule has 0 aromatic heterocycles. The van der Waals surface area contributed by atoms with Crippen LogP contribution >= 0.6 is 27.5 Å². The zero-order valence-electron chi connectivity index (χ0n) is 17.9. The molecule has 1 N–H and O–H groups in total. The Morgan fingerprint density at radius 2 is 1.85 bits per heavy atom. The van der Waals surface area contributed by atoms with Gasteiger partial charge in [-0.3, -0.25) is 4.79 Å². The third-order valence-corrected chi connectivity index (χ3v) is 5.66. The zero-order valence-corrected chi connectivity index (χ0v) is 20.2.